The molecule has 0 fully saturated rings. The topological polar surface area (TPSA) is 66.2 Å². The highest BCUT2D eigenvalue weighted by Gasteiger charge is 2.23. The minimum absolute atomic E-state index is 0.0954. The van der Waals surface area contributed by atoms with Crippen molar-refractivity contribution in [2.75, 3.05) is 13.7 Å². The third-order valence-corrected chi connectivity index (χ3v) is 3.96. The number of fused-ring (bicyclic) bond motifs is 2. The molecule has 2 aromatic heterocycles. The largest absolute Gasteiger partial charge is 0.497 e. The summed E-state index contributed by atoms with van der Waals surface area (Å²) >= 11 is 0. The molecule has 6 heteroatoms. The van der Waals surface area contributed by atoms with Gasteiger partial charge in [0.15, 0.2) is 11.2 Å². The van der Waals surface area contributed by atoms with Crippen LogP contribution in [0.1, 0.15) is 12.0 Å². The molecule has 0 N–H and O–H groups in total. The lowest BCUT2D eigenvalue weighted by atomic mass is 10.1. The maximum absolute atomic E-state index is 12.7. The molecular weight excluding hydrogens is 294 g/mol. The third-order valence-electron chi connectivity index (χ3n) is 3.96. The first-order valence-corrected chi connectivity index (χ1v) is 7.45. The summed E-state index contributed by atoms with van der Waals surface area (Å²) in [5.74, 6) is 1.28. The first-order chi connectivity index (χ1) is 11.3. The van der Waals surface area contributed by atoms with Gasteiger partial charge < -0.3 is 9.47 Å². The number of pyridine rings is 1. The van der Waals surface area contributed by atoms with E-state index >= 15 is 0 Å². The molecule has 3 heterocycles. The highest BCUT2D eigenvalue weighted by Crippen LogP contribution is 2.30. The predicted octanol–water partition coefficient (Wildman–Crippen LogP) is 2.11. The van der Waals surface area contributed by atoms with Crippen molar-refractivity contribution >= 4 is 11.2 Å². The van der Waals surface area contributed by atoms with Crippen LogP contribution in [0.3, 0.4) is 0 Å². The number of nitrogens with zero attached hydrogens (tertiary/aromatic N) is 3. The molecule has 0 saturated carbocycles. The van der Waals surface area contributed by atoms with Crippen LogP contribution in [0, 0.1) is 0 Å². The van der Waals surface area contributed by atoms with Gasteiger partial charge in [0, 0.05) is 18.5 Å². The fourth-order valence-corrected chi connectivity index (χ4v) is 2.90. The van der Waals surface area contributed by atoms with E-state index in [1.165, 1.54) is 6.20 Å². The zero-order chi connectivity index (χ0) is 15.8. The average Bonchev–Trinajstić information content (AvgIpc) is 2.62. The van der Waals surface area contributed by atoms with Crippen LogP contribution in [-0.4, -0.2) is 28.3 Å². The molecule has 1 aliphatic heterocycles. The molecule has 0 spiro atoms. The average molecular weight is 309 g/mol. The van der Waals surface area contributed by atoms with E-state index in [0.717, 1.165) is 17.9 Å². The molecule has 3 aromatic rings. The van der Waals surface area contributed by atoms with E-state index in [0.29, 0.717) is 35.6 Å². The van der Waals surface area contributed by atoms with Gasteiger partial charge >= 0.3 is 0 Å². The summed E-state index contributed by atoms with van der Waals surface area (Å²) in [6.07, 6.45) is 4.63. The maximum Gasteiger partial charge on any atom is 0.216 e. The van der Waals surface area contributed by atoms with Crippen LogP contribution in [0.5, 0.6) is 11.6 Å². The van der Waals surface area contributed by atoms with Crippen LogP contribution >= 0.6 is 0 Å². The molecule has 0 atom stereocenters. The minimum atomic E-state index is -0.0954. The number of benzene rings is 1. The van der Waals surface area contributed by atoms with E-state index in [-0.39, 0.29) is 5.43 Å². The number of methoxy groups -OCH3 is 1. The Morgan fingerprint density at radius 1 is 1.26 bits per heavy atom. The molecule has 116 valence electrons. The fourth-order valence-electron chi connectivity index (χ4n) is 2.90. The summed E-state index contributed by atoms with van der Waals surface area (Å²) in [5, 5.41) is 0. The second-order valence-electron chi connectivity index (χ2n) is 5.33. The first-order valence-electron chi connectivity index (χ1n) is 7.45. The molecule has 0 amide bonds. The van der Waals surface area contributed by atoms with Crippen molar-refractivity contribution in [3.8, 4) is 17.3 Å². The van der Waals surface area contributed by atoms with E-state index in [4.69, 9.17) is 9.47 Å². The third kappa shape index (κ3) is 2.14. The number of ether oxygens (including phenoxy) is 2. The molecule has 1 aromatic carbocycles. The van der Waals surface area contributed by atoms with Gasteiger partial charge in [-0.25, -0.2) is 9.97 Å². The van der Waals surface area contributed by atoms with Crippen LogP contribution < -0.4 is 14.9 Å². The van der Waals surface area contributed by atoms with E-state index in [1.807, 2.05) is 28.8 Å². The van der Waals surface area contributed by atoms with Crippen molar-refractivity contribution in [2.24, 2.45) is 0 Å². The van der Waals surface area contributed by atoms with E-state index in [2.05, 4.69) is 9.97 Å². The van der Waals surface area contributed by atoms with Crippen molar-refractivity contribution in [1.82, 2.24) is 14.5 Å². The van der Waals surface area contributed by atoms with E-state index in [9.17, 15) is 4.79 Å². The number of hydrogen-bond donors (Lipinski definition) is 0. The van der Waals surface area contributed by atoms with Gasteiger partial charge in [0.25, 0.3) is 0 Å². The summed E-state index contributed by atoms with van der Waals surface area (Å²) in [6.45, 7) is 0.585. The van der Waals surface area contributed by atoms with Crippen LogP contribution in [0.2, 0.25) is 0 Å². The summed E-state index contributed by atoms with van der Waals surface area (Å²) in [4.78, 5) is 21.3. The van der Waals surface area contributed by atoms with Crippen LogP contribution in [0.4, 0.5) is 0 Å². The monoisotopic (exact) mass is 309 g/mol. The molecule has 0 saturated heterocycles. The van der Waals surface area contributed by atoms with Gasteiger partial charge in [-0.3, -0.25) is 9.36 Å². The Balaban J connectivity index is 2.12. The molecule has 23 heavy (non-hydrogen) atoms. The lowest BCUT2D eigenvalue weighted by Crippen LogP contribution is -2.24. The molecular formula is C17H15N3O3. The molecule has 0 bridgehead atoms. The van der Waals surface area contributed by atoms with Crippen molar-refractivity contribution in [3.63, 3.8) is 0 Å². The van der Waals surface area contributed by atoms with Crippen molar-refractivity contribution in [3.05, 3.63) is 52.4 Å². The number of aromatic nitrogens is 3. The molecule has 0 radical (unpaired) electrons. The summed E-state index contributed by atoms with van der Waals surface area (Å²) < 4.78 is 13.0. The van der Waals surface area contributed by atoms with E-state index < -0.39 is 0 Å². The van der Waals surface area contributed by atoms with Gasteiger partial charge in [-0.05, 0) is 25.0 Å². The second kappa shape index (κ2) is 5.39. The zero-order valence-electron chi connectivity index (χ0n) is 12.7. The van der Waals surface area contributed by atoms with Crippen LogP contribution in [0.25, 0.3) is 16.9 Å². The van der Waals surface area contributed by atoms with Crippen LogP contribution in [0.15, 0.2) is 41.5 Å². The van der Waals surface area contributed by atoms with Crippen LogP contribution in [-0.2, 0) is 6.42 Å². The smallest absolute Gasteiger partial charge is 0.216 e. The molecule has 6 nitrogen and oxygen atoms in total. The second-order valence-corrected chi connectivity index (χ2v) is 5.33. The van der Waals surface area contributed by atoms with Gasteiger partial charge in [-0.15, -0.1) is 0 Å². The molecule has 0 aliphatic carbocycles. The minimum Gasteiger partial charge on any atom is -0.497 e. The molecule has 1 aliphatic rings. The summed E-state index contributed by atoms with van der Waals surface area (Å²) in [6, 6.07) is 7.58. The van der Waals surface area contributed by atoms with Crippen molar-refractivity contribution in [1.29, 1.82) is 0 Å². The normalized spacial score (nSPS) is 13.4. The highest BCUT2D eigenvalue weighted by molar-refractivity contribution is 5.75. The Labute approximate surface area is 132 Å². The van der Waals surface area contributed by atoms with Crippen molar-refractivity contribution < 1.29 is 9.47 Å². The van der Waals surface area contributed by atoms with Gasteiger partial charge in [0.2, 0.25) is 11.3 Å². The predicted molar refractivity (Wildman–Crippen MR) is 85.5 cm³/mol. The Bertz CT molecular complexity index is 949. The lowest BCUT2D eigenvalue weighted by Gasteiger charge is -2.23. The molecule has 4 rings (SSSR count). The lowest BCUT2D eigenvalue weighted by molar-refractivity contribution is 0.269. The first kappa shape index (κ1) is 13.8. The Morgan fingerprint density at radius 2 is 2.13 bits per heavy atom. The van der Waals surface area contributed by atoms with E-state index in [1.54, 1.807) is 13.3 Å². The standard InChI is InChI=1S/C17H15N3O3/c1-22-12-5-2-4-11(10-12)20-16-14(18-7-8-19-16)15(21)13-6-3-9-23-17(13)20/h2,4-5,7-8,10H,3,6,9H2,1H3. The SMILES string of the molecule is COc1cccc(-n2c3c(c(=O)c4nccnc42)CCCO3)c1. The Morgan fingerprint density at radius 3 is 3.00 bits per heavy atom. The number of hydrogen-bond acceptors (Lipinski definition) is 5. The summed E-state index contributed by atoms with van der Waals surface area (Å²) in [7, 11) is 1.62. The maximum atomic E-state index is 12.7. The Hall–Kier alpha value is -2.89. The van der Waals surface area contributed by atoms with Gasteiger partial charge in [-0.2, -0.15) is 0 Å². The van der Waals surface area contributed by atoms with Gasteiger partial charge in [0.05, 0.1) is 25.0 Å². The zero-order valence-corrected chi connectivity index (χ0v) is 12.7. The quantitative estimate of drug-likeness (QED) is 0.725. The number of rotatable bonds is 2. The van der Waals surface area contributed by atoms with Gasteiger partial charge in [0.1, 0.15) is 5.75 Å². The Kier molecular flexibility index (Phi) is 3.22. The van der Waals surface area contributed by atoms with Gasteiger partial charge in [-0.1, -0.05) is 6.07 Å². The molecule has 0 unspecified atom stereocenters. The summed E-state index contributed by atoms with van der Waals surface area (Å²) in [5.41, 5.74) is 2.24. The highest BCUT2D eigenvalue weighted by atomic mass is 16.5. The fraction of sp³-hybridized carbons (Fsp3) is 0.235. The van der Waals surface area contributed by atoms with Crippen molar-refractivity contribution in [2.45, 2.75) is 12.8 Å².